The molecular weight excluding hydrogens is 713 g/mol. The molecule has 0 fully saturated rings. The zero-order chi connectivity index (χ0) is 39.9. The zero-order valence-electron chi connectivity index (χ0n) is 33.8. The summed E-state index contributed by atoms with van der Waals surface area (Å²) in [5.74, 6) is 0.440. The van der Waals surface area contributed by atoms with Gasteiger partial charge in [0.15, 0.2) is 0 Å². The average molecular weight is 759 g/mol. The van der Waals surface area contributed by atoms with E-state index in [4.69, 9.17) is 0 Å². The monoisotopic (exact) mass is 758 g/mol. The summed E-state index contributed by atoms with van der Waals surface area (Å²) in [4.78, 5) is 4.71. The summed E-state index contributed by atoms with van der Waals surface area (Å²) in [6.07, 6.45) is 6.73. The van der Waals surface area contributed by atoms with Crippen molar-refractivity contribution in [1.82, 2.24) is 0 Å². The molecule has 0 heterocycles. The fourth-order valence-corrected chi connectivity index (χ4v) is 9.54. The number of anilines is 5. The van der Waals surface area contributed by atoms with Gasteiger partial charge in [-0.1, -0.05) is 166 Å². The van der Waals surface area contributed by atoms with Crippen LogP contribution < -0.4 is 9.80 Å². The second-order valence-electron chi connectivity index (χ2n) is 15.8. The minimum absolute atomic E-state index is 0.440. The van der Waals surface area contributed by atoms with E-state index in [9.17, 15) is 0 Å². The Morgan fingerprint density at radius 2 is 0.814 bits per heavy atom. The smallest absolute Gasteiger partial charge is 0.0714 e. The molecule has 9 aromatic carbocycles. The van der Waals surface area contributed by atoms with Crippen LogP contribution in [0.25, 0.3) is 32.3 Å². The zero-order valence-corrected chi connectivity index (χ0v) is 33.8. The van der Waals surface area contributed by atoms with Crippen LogP contribution in [0, 0.1) is 5.92 Å². The number of rotatable bonds is 10. The first-order chi connectivity index (χ1) is 29.1. The highest BCUT2D eigenvalue weighted by Gasteiger charge is 2.45. The van der Waals surface area contributed by atoms with Crippen LogP contribution >= 0.6 is 0 Å². The molecule has 9 aromatic rings. The quantitative estimate of drug-likeness (QED) is 0.101. The van der Waals surface area contributed by atoms with Gasteiger partial charge in [0.2, 0.25) is 0 Å². The molecule has 0 radical (unpaired) electrons. The molecule has 0 saturated carbocycles. The molecular formula is C57H46N2. The van der Waals surface area contributed by atoms with Gasteiger partial charge >= 0.3 is 0 Å². The maximum Gasteiger partial charge on any atom is 0.0714 e. The maximum atomic E-state index is 2.38. The van der Waals surface area contributed by atoms with Crippen molar-refractivity contribution < 1.29 is 0 Å². The van der Waals surface area contributed by atoms with Crippen molar-refractivity contribution in [2.24, 2.45) is 5.92 Å². The number of hydrogen-bond donors (Lipinski definition) is 0. The fourth-order valence-electron chi connectivity index (χ4n) is 9.54. The summed E-state index contributed by atoms with van der Waals surface area (Å²) in [7, 11) is 0. The van der Waals surface area contributed by atoms with Crippen molar-refractivity contribution in [2.45, 2.75) is 26.2 Å². The Labute approximate surface area is 347 Å². The molecule has 0 atom stereocenters. The SMILES string of the molecule is C/C=C(\C=C/C(C)C)N(c1ccccc1)c1ccc(C2(c3ccc(N(c4ccccc4)c4ccccc4)cc3)c3cccc4c5ccccc5c5cccc2c5c34)cc1. The standard InChI is InChI=1S/C57H46N2/c1-4-43(35-30-40(2)3)58(44-18-8-5-9-19-44)47-36-31-41(32-37-47)57(42-33-38-48(39-34-42)59(45-20-10-6-11-21-45)46-22-12-7-13-23-46)53-28-16-26-51-49-24-14-15-25-50(49)52-27-17-29-54(57)56(52)55(51)53/h4-40H,1-3H3/b35-30-,43-4+. The summed E-state index contributed by atoms with van der Waals surface area (Å²) < 4.78 is 0. The first kappa shape index (κ1) is 36.2. The normalized spacial score (nSPS) is 13.3. The van der Waals surface area contributed by atoms with Crippen molar-refractivity contribution in [3.63, 3.8) is 0 Å². The minimum atomic E-state index is -0.571. The Morgan fingerprint density at radius 1 is 0.424 bits per heavy atom. The van der Waals surface area contributed by atoms with Crippen LogP contribution in [0.5, 0.6) is 0 Å². The predicted octanol–water partition coefficient (Wildman–Crippen LogP) is 15.6. The molecule has 0 amide bonds. The van der Waals surface area contributed by atoms with Gasteiger partial charge in [0.1, 0.15) is 0 Å². The van der Waals surface area contributed by atoms with E-state index >= 15 is 0 Å². The Kier molecular flexibility index (Phi) is 9.19. The van der Waals surface area contributed by atoms with E-state index in [0.29, 0.717) is 5.92 Å². The van der Waals surface area contributed by atoms with E-state index in [1.54, 1.807) is 0 Å². The van der Waals surface area contributed by atoms with Gasteiger partial charge in [0, 0.05) is 34.1 Å². The van der Waals surface area contributed by atoms with Crippen LogP contribution in [-0.4, -0.2) is 0 Å². The Hall–Kier alpha value is -7.16. The Bertz CT molecular complexity index is 2880. The second kappa shape index (κ2) is 15.0. The molecule has 2 nitrogen and oxygen atoms in total. The lowest BCUT2D eigenvalue weighted by atomic mass is 9.67. The van der Waals surface area contributed by atoms with Crippen molar-refractivity contribution >= 4 is 60.8 Å². The van der Waals surface area contributed by atoms with Crippen LogP contribution in [0.2, 0.25) is 0 Å². The Balaban J connectivity index is 1.21. The van der Waals surface area contributed by atoms with Crippen LogP contribution in [0.3, 0.4) is 0 Å². The highest BCUT2D eigenvalue weighted by molar-refractivity contribution is 6.29. The summed E-state index contributed by atoms with van der Waals surface area (Å²) in [5.41, 5.74) is 11.3. The van der Waals surface area contributed by atoms with Gasteiger partial charge in [-0.15, -0.1) is 0 Å². The summed E-state index contributed by atoms with van der Waals surface area (Å²) in [6.45, 7) is 6.57. The van der Waals surface area contributed by atoms with Gasteiger partial charge in [-0.25, -0.2) is 0 Å². The van der Waals surface area contributed by atoms with Crippen molar-refractivity contribution in [1.29, 1.82) is 0 Å². The van der Waals surface area contributed by atoms with Crippen LogP contribution in [-0.2, 0) is 5.41 Å². The summed E-state index contributed by atoms with van der Waals surface area (Å²) in [6, 6.07) is 73.6. The van der Waals surface area contributed by atoms with E-state index in [-0.39, 0.29) is 0 Å². The van der Waals surface area contributed by atoms with Gasteiger partial charge in [0.25, 0.3) is 0 Å². The number of hydrogen-bond acceptors (Lipinski definition) is 2. The molecule has 10 rings (SSSR count). The highest BCUT2D eigenvalue weighted by atomic mass is 15.1. The predicted molar refractivity (Wildman–Crippen MR) is 252 cm³/mol. The molecule has 0 aliphatic heterocycles. The third-order valence-corrected chi connectivity index (χ3v) is 12.1. The summed E-state index contributed by atoms with van der Waals surface area (Å²) in [5, 5.41) is 7.89. The molecule has 0 spiro atoms. The maximum absolute atomic E-state index is 2.38. The van der Waals surface area contributed by atoms with Gasteiger partial charge in [0.05, 0.1) is 5.41 Å². The molecule has 0 unspecified atom stereocenters. The van der Waals surface area contributed by atoms with Crippen LogP contribution in [0.1, 0.15) is 43.0 Å². The lowest BCUT2D eigenvalue weighted by molar-refractivity contribution is 0.771. The molecule has 0 aromatic heterocycles. The lowest BCUT2D eigenvalue weighted by Gasteiger charge is -2.35. The van der Waals surface area contributed by atoms with Crippen molar-refractivity contribution in [3.05, 3.63) is 246 Å². The first-order valence-corrected chi connectivity index (χ1v) is 20.8. The number of allylic oxidation sites excluding steroid dienone is 3. The molecule has 0 N–H and O–H groups in total. The molecule has 59 heavy (non-hydrogen) atoms. The van der Waals surface area contributed by atoms with Crippen molar-refractivity contribution in [2.75, 3.05) is 9.80 Å². The third kappa shape index (κ3) is 5.94. The number of benzene rings is 9. The minimum Gasteiger partial charge on any atom is -0.311 e. The number of fused-ring (bicyclic) bond motifs is 3. The molecule has 0 saturated heterocycles. The van der Waals surface area contributed by atoms with E-state index in [0.717, 1.165) is 34.1 Å². The van der Waals surface area contributed by atoms with Gasteiger partial charge in [-0.05, 0) is 134 Å². The number of para-hydroxylation sites is 3. The van der Waals surface area contributed by atoms with E-state index in [2.05, 4.69) is 249 Å². The van der Waals surface area contributed by atoms with Crippen LogP contribution in [0.15, 0.2) is 224 Å². The first-order valence-electron chi connectivity index (χ1n) is 20.8. The van der Waals surface area contributed by atoms with E-state index < -0.39 is 5.41 Å². The van der Waals surface area contributed by atoms with Gasteiger partial charge in [-0.2, -0.15) is 0 Å². The average Bonchev–Trinajstić information content (AvgIpc) is 3.61. The lowest BCUT2D eigenvalue weighted by Crippen LogP contribution is -2.29. The Morgan fingerprint density at radius 3 is 1.27 bits per heavy atom. The molecule has 1 aliphatic rings. The second-order valence-corrected chi connectivity index (χ2v) is 15.8. The van der Waals surface area contributed by atoms with E-state index in [1.807, 2.05) is 0 Å². The van der Waals surface area contributed by atoms with Crippen LogP contribution in [0.4, 0.5) is 28.4 Å². The van der Waals surface area contributed by atoms with Crippen molar-refractivity contribution in [3.8, 4) is 0 Å². The molecule has 284 valence electrons. The molecule has 2 heteroatoms. The van der Waals surface area contributed by atoms with Gasteiger partial charge in [-0.3, -0.25) is 0 Å². The molecule has 1 aliphatic carbocycles. The third-order valence-electron chi connectivity index (χ3n) is 12.1. The largest absolute Gasteiger partial charge is 0.311 e. The highest BCUT2D eigenvalue weighted by Crippen LogP contribution is 2.57. The number of nitrogens with zero attached hydrogens (tertiary/aromatic N) is 2. The topological polar surface area (TPSA) is 6.48 Å². The van der Waals surface area contributed by atoms with Gasteiger partial charge < -0.3 is 9.80 Å². The summed E-state index contributed by atoms with van der Waals surface area (Å²) >= 11 is 0. The van der Waals surface area contributed by atoms with E-state index in [1.165, 1.54) is 54.6 Å². The molecule has 0 bridgehead atoms. The fraction of sp³-hybridized carbons (Fsp3) is 0.0877.